The Morgan fingerprint density at radius 1 is 0.491 bits per heavy atom. The minimum absolute atomic E-state index is 0. The Balaban J connectivity index is -0.000000276. The fourth-order valence-corrected chi connectivity index (χ4v) is 6.00. The van der Waals surface area contributed by atoms with Gasteiger partial charge in [0.1, 0.15) is 0 Å². The molecule has 2 fully saturated rings. The Labute approximate surface area is 357 Å². The number of benzene rings is 4. The topological polar surface area (TPSA) is 0 Å². The minimum Gasteiger partial charge on any atom is -0.0622 e. The number of hydrogen-bond donors (Lipinski definition) is 0. The molecule has 0 bridgehead atoms. The number of halogens is 3. The Bertz CT molecular complexity index is 1230. The zero-order valence-electron chi connectivity index (χ0n) is 34.9. The molecule has 0 N–H and O–H groups in total. The predicted molar refractivity (Wildman–Crippen MR) is 248 cm³/mol. The van der Waals surface area contributed by atoms with Gasteiger partial charge in [0.25, 0.3) is 0 Å². The van der Waals surface area contributed by atoms with Gasteiger partial charge in [0.15, 0.2) is 0 Å². The molecule has 2 saturated carbocycles. The molecule has 0 nitrogen and oxygen atoms in total. The molecule has 53 heavy (non-hydrogen) atoms. The van der Waals surface area contributed by atoms with E-state index in [1.807, 2.05) is 91.8 Å². The number of allylic oxidation sites excluding steroid dienone is 4. The molecule has 4 heteroatoms. The van der Waals surface area contributed by atoms with Gasteiger partial charge in [-0.15, -0.1) is 0 Å². The molecule has 0 saturated heterocycles. The van der Waals surface area contributed by atoms with Crippen molar-refractivity contribution in [2.45, 2.75) is 125 Å². The van der Waals surface area contributed by atoms with Gasteiger partial charge < -0.3 is 14.9 Å². The molecule has 294 valence electrons. The van der Waals surface area contributed by atoms with Crippen LogP contribution in [0.3, 0.4) is 0 Å². The van der Waals surface area contributed by atoms with Crippen LogP contribution in [0.2, 0.25) is 0 Å². The molecule has 0 radical (unpaired) electrons. The van der Waals surface area contributed by atoms with Gasteiger partial charge in [0.05, 0.1) is 0 Å². The first kappa shape index (κ1) is 58.0. The SMILES string of the molecule is Brc1ccccc1.C1=CCC(c2ccccc2)=C1.CC.CC.CC.CC.[CH3-].[CH3-].[Cl][Zr+2][Cl].c1ccc(C2CCCC2)cc1.c1ccc(C2CCCC2)cc1. The summed E-state index contributed by atoms with van der Waals surface area (Å²) in [6.45, 7) is 16.0. The van der Waals surface area contributed by atoms with Gasteiger partial charge in [-0.3, -0.25) is 0 Å². The van der Waals surface area contributed by atoms with Crippen molar-refractivity contribution in [3.8, 4) is 0 Å². The molecular formula is C49H73BrCl2Zr. The van der Waals surface area contributed by atoms with E-state index in [1.165, 1.54) is 62.5 Å². The van der Waals surface area contributed by atoms with Gasteiger partial charge in [-0.1, -0.05) is 224 Å². The number of hydrogen-bond acceptors (Lipinski definition) is 0. The van der Waals surface area contributed by atoms with Crippen molar-refractivity contribution in [3.63, 3.8) is 0 Å². The van der Waals surface area contributed by atoms with Crippen LogP contribution in [0, 0.1) is 14.9 Å². The summed E-state index contributed by atoms with van der Waals surface area (Å²) >= 11 is 2.49. The molecule has 0 amide bonds. The van der Waals surface area contributed by atoms with E-state index in [0.29, 0.717) is 0 Å². The Kier molecular flexibility index (Phi) is 48.9. The summed E-state index contributed by atoms with van der Waals surface area (Å²) in [6, 6.07) is 42.3. The average molecular weight is 904 g/mol. The molecule has 0 aromatic heterocycles. The van der Waals surface area contributed by atoms with E-state index in [1.54, 1.807) is 11.1 Å². The van der Waals surface area contributed by atoms with Crippen LogP contribution in [-0.4, -0.2) is 0 Å². The van der Waals surface area contributed by atoms with E-state index in [4.69, 9.17) is 17.0 Å². The van der Waals surface area contributed by atoms with Crippen LogP contribution in [-0.2, 0) is 20.8 Å². The van der Waals surface area contributed by atoms with Gasteiger partial charge >= 0.3 is 37.9 Å². The van der Waals surface area contributed by atoms with Gasteiger partial charge in [-0.25, -0.2) is 0 Å². The van der Waals surface area contributed by atoms with Gasteiger partial charge in [0.2, 0.25) is 0 Å². The quantitative estimate of drug-likeness (QED) is 0.180. The Morgan fingerprint density at radius 3 is 1.06 bits per heavy atom. The zero-order chi connectivity index (χ0) is 38.4. The van der Waals surface area contributed by atoms with Crippen molar-refractivity contribution in [1.82, 2.24) is 0 Å². The summed E-state index contributed by atoms with van der Waals surface area (Å²) in [5.74, 6) is 1.74. The maximum Gasteiger partial charge on any atom is -0.0162 e. The summed E-state index contributed by atoms with van der Waals surface area (Å²) in [6.07, 6.45) is 18.9. The van der Waals surface area contributed by atoms with Crippen LogP contribution in [0.5, 0.6) is 0 Å². The standard InChI is InChI=1S/2C11H14.C11H10.C6H5Br.4C2H6.2CH3.2ClH.Zr/c3*1-2-6-10(7-3-1)11-8-4-5-9-11;7-6-4-2-1-3-5-6;4*1-2;;;;;/h2*1-3,6-7,11H,4-5,8-9H2;1-8H,9H2;1-5H;4*1-2H3;2*1H3;2*1H;/q;;;;;;;;2*-1;;;+4/p-2. The van der Waals surface area contributed by atoms with Crippen molar-refractivity contribution in [2.24, 2.45) is 0 Å². The summed E-state index contributed by atoms with van der Waals surface area (Å²) in [4.78, 5) is 0. The first-order valence-electron chi connectivity index (χ1n) is 19.4. The normalized spacial score (nSPS) is 12.8. The van der Waals surface area contributed by atoms with E-state index in [9.17, 15) is 0 Å². The monoisotopic (exact) mass is 900 g/mol. The molecule has 3 aliphatic rings. The molecule has 7 rings (SSSR count). The van der Waals surface area contributed by atoms with E-state index in [0.717, 1.165) is 22.7 Å². The van der Waals surface area contributed by atoms with E-state index >= 15 is 0 Å². The largest absolute Gasteiger partial charge is 0.0622 e. The second-order valence-electron chi connectivity index (χ2n) is 10.8. The molecule has 0 atom stereocenters. The third-order valence-electron chi connectivity index (χ3n) is 7.90. The van der Waals surface area contributed by atoms with Crippen LogP contribution >= 0.6 is 33.0 Å². The summed E-state index contributed by atoms with van der Waals surface area (Å²) in [5.41, 5.74) is 5.86. The Hall–Kier alpha value is -1.70. The zero-order valence-corrected chi connectivity index (χ0v) is 40.5. The van der Waals surface area contributed by atoms with Gasteiger partial charge in [0, 0.05) is 4.47 Å². The van der Waals surface area contributed by atoms with E-state index in [-0.39, 0.29) is 14.9 Å². The number of rotatable bonds is 3. The maximum absolute atomic E-state index is 4.93. The smallest absolute Gasteiger partial charge is 0.0162 e. The molecule has 0 heterocycles. The van der Waals surface area contributed by atoms with Crippen molar-refractivity contribution in [3.05, 3.63) is 176 Å². The second-order valence-corrected chi connectivity index (χ2v) is 15.5. The van der Waals surface area contributed by atoms with E-state index < -0.39 is 20.8 Å². The van der Waals surface area contributed by atoms with Crippen molar-refractivity contribution >= 4 is 38.5 Å². The summed E-state index contributed by atoms with van der Waals surface area (Å²) in [7, 11) is 9.87. The fraction of sp³-hybridized carbons (Fsp3) is 0.388. The molecular weight excluding hydrogens is 831 g/mol. The first-order chi connectivity index (χ1) is 25.2. The molecule has 0 unspecified atom stereocenters. The second kappa shape index (κ2) is 44.7. The molecule has 0 aliphatic heterocycles. The van der Waals surface area contributed by atoms with Crippen molar-refractivity contribution < 1.29 is 20.8 Å². The first-order valence-corrected chi connectivity index (χ1v) is 26.5. The average Bonchev–Trinajstić information content (AvgIpc) is 4.06. The van der Waals surface area contributed by atoms with Crippen molar-refractivity contribution in [1.29, 1.82) is 0 Å². The Morgan fingerprint density at radius 2 is 0.792 bits per heavy atom. The van der Waals surface area contributed by atoms with Crippen LogP contribution in [0.25, 0.3) is 5.57 Å². The van der Waals surface area contributed by atoms with Crippen LogP contribution < -0.4 is 0 Å². The molecule has 3 aliphatic carbocycles. The van der Waals surface area contributed by atoms with Crippen LogP contribution in [0.1, 0.15) is 142 Å². The van der Waals surface area contributed by atoms with Crippen molar-refractivity contribution in [2.75, 3.05) is 0 Å². The predicted octanol–water partition coefficient (Wildman–Crippen LogP) is 18.5. The van der Waals surface area contributed by atoms with Crippen LogP contribution in [0.4, 0.5) is 0 Å². The minimum atomic E-state index is -0.826. The van der Waals surface area contributed by atoms with E-state index in [2.05, 4.69) is 119 Å². The maximum atomic E-state index is 4.93. The van der Waals surface area contributed by atoms with Gasteiger partial charge in [-0.05, 0) is 78.3 Å². The summed E-state index contributed by atoms with van der Waals surface area (Å²) in [5, 5.41) is 0. The summed E-state index contributed by atoms with van der Waals surface area (Å²) < 4.78 is 1.13. The molecule has 4 aromatic carbocycles. The molecule has 0 spiro atoms. The van der Waals surface area contributed by atoms with Crippen LogP contribution in [0.15, 0.2) is 144 Å². The molecule has 4 aromatic rings. The fourth-order valence-electron chi connectivity index (χ4n) is 5.70. The third-order valence-corrected chi connectivity index (χ3v) is 8.43. The third kappa shape index (κ3) is 29.3. The van der Waals surface area contributed by atoms with Gasteiger partial charge in [-0.2, -0.15) is 0 Å².